The summed E-state index contributed by atoms with van der Waals surface area (Å²) < 4.78 is 36.5. The van der Waals surface area contributed by atoms with Crippen LogP contribution in [0.15, 0.2) is 48.5 Å². The van der Waals surface area contributed by atoms with Gasteiger partial charge in [-0.2, -0.15) is 0 Å². The Morgan fingerprint density at radius 1 is 0.926 bits per heavy atom. The van der Waals surface area contributed by atoms with E-state index >= 15 is 0 Å². The molecule has 1 N–H and O–H groups in total. The van der Waals surface area contributed by atoms with E-state index in [4.69, 9.17) is 18.5 Å². The summed E-state index contributed by atoms with van der Waals surface area (Å²) in [7, 11) is -3.56. The molecule has 0 saturated heterocycles. The minimum Gasteiger partial charge on any atom is -0.454 e. The zero-order valence-electron chi connectivity index (χ0n) is 16.0. The number of hydrogen-bond donors (Lipinski definition) is 1. The molecule has 0 saturated carbocycles. The number of anilines is 1. The molecule has 1 aliphatic heterocycles. The zero-order chi connectivity index (χ0) is 19.4. The van der Waals surface area contributed by atoms with Crippen molar-refractivity contribution in [3.63, 3.8) is 0 Å². The number of fused-ring (bicyclic) bond motifs is 1. The van der Waals surface area contributed by atoms with E-state index in [1.54, 1.807) is 0 Å². The fraction of sp³-hybridized carbons (Fsp3) is 0.400. The molecule has 7 heteroatoms. The third kappa shape index (κ3) is 4.83. The monoisotopic (exact) mass is 391 g/mol. The second kappa shape index (κ2) is 8.34. The van der Waals surface area contributed by atoms with E-state index in [0.717, 1.165) is 11.3 Å². The number of ether oxygens (including phenoxy) is 2. The molecule has 2 aromatic rings. The molecule has 1 heterocycles. The first kappa shape index (κ1) is 19.7. The maximum atomic E-state index is 13.9. The van der Waals surface area contributed by atoms with Gasteiger partial charge in [0.2, 0.25) is 6.79 Å². The standard InChI is InChI=1S/C20H26NO5P/c1-14(2)25-27(22,26-15(3)4)20(21-17-8-6-5-7-9-17)16-10-11-18-19(12-16)24-13-23-18/h5-12,14-15,20-21H,13H2,1-4H3/t20-/m0/s1. The molecule has 0 amide bonds. The Labute approximate surface area is 160 Å². The molecule has 2 aromatic carbocycles. The number of hydrogen-bond acceptors (Lipinski definition) is 6. The second-order valence-corrected chi connectivity index (χ2v) is 8.89. The van der Waals surface area contributed by atoms with Crippen LogP contribution in [0.3, 0.4) is 0 Å². The molecule has 27 heavy (non-hydrogen) atoms. The molecule has 146 valence electrons. The summed E-state index contributed by atoms with van der Waals surface area (Å²) in [6.07, 6.45) is -0.521. The quantitative estimate of drug-likeness (QED) is 0.594. The minimum atomic E-state index is -3.56. The van der Waals surface area contributed by atoms with Crippen LogP contribution >= 0.6 is 7.60 Å². The summed E-state index contributed by atoms with van der Waals surface area (Å²) in [5.74, 6) is 0.591. The van der Waals surface area contributed by atoms with Gasteiger partial charge in [-0.25, -0.2) is 0 Å². The lowest BCUT2D eigenvalue weighted by Crippen LogP contribution is -2.19. The van der Waals surface area contributed by atoms with Gasteiger partial charge in [-0.05, 0) is 57.5 Å². The van der Waals surface area contributed by atoms with Crippen LogP contribution in [0.2, 0.25) is 0 Å². The van der Waals surface area contributed by atoms with E-state index < -0.39 is 13.4 Å². The summed E-state index contributed by atoms with van der Waals surface area (Å²) >= 11 is 0. The fourth-order valence-corrected chi connectivity index (χ4v) is 5.16. The van der Waals surface area contributed by atoms with Gasteiger partial charge in [0.05, 0.1) is 12.2 Å². The zero-order valence-corrected chi connectivity index (χ0v) is 16.9. The van der Waals surface area contributed by atoms with E-state index in [2.05, 4.69) is 5.32 Å². The average molecular weight is 391 g/mol. The normalized spacial score (nSPS) is 14.6. The number of rotatable bonds is 8. The topological polar surface area (TPSA) is 66.0 Å². The highest BCUT2D eigenvalue weighted by molar-refractivity contribution is 7.54. The van der Waals surface area contributed by atoms with Gasteiger partial charge in [-0.1, -0.05) is 24.3 Å². The van der Waals surface area contributed by atoms with Gasteiger partial charge in [-0.15, -0.1) is 0 Å². The van der Waals surface area contributed by atoms with Crippen LogP contribution in [0.1, 0.15) is 39.0 Å². The van der Waals surface area contributed by atoms with Crippen LogP contribution in [0.4, 0.5) is 5.69 Å². The summed E-state index contributed by atoms with van der Waals surface area (Å²) in [5, 5.41) is 3.33. The predicted octanol–water partition coefficient (Wildman–Crippen LogP) is 5.57. The molecule has 0 unspecified atom stereocenters. The Kier molecular flexibility index (Phi) is 6.10. The van der Waals surface area contributed by atoms with Gasteiger partial charge in [0.15, 0.2) is 17.3 Å². The van der Waals surface area contributed by atoms with Gasteiger partial charge >= 0.3 is 7.60 Å². The van der Waals surface area contributed by atoms with Crippen molar-refractivity contribution in [2.45, 2.75) is 45.7 Å². The molecular formula is C20H26NO5P. The molecule has 0 spiro atoms. The Hall–Kier alpha value is -2.01. The van der Waals surface area contributed by atoms with E-state index in [-0.39, 0.29) is 19.0 Å². The van der Waals surface area contributed by atoms with Gasteiger partial charge in [-0.3, -0.25) is 4.57 Å². The highest BCUT2D eigenvalue weighted by Crippen LogP contribution is 2.62. The van der Waals surface area contributed by atoms with Crippen molar-refractivity contribution in [3.8, 4) is 11.5 Å². The summed E-state index contributed by atoms with van der Waals surface area (Å²) in [6, 6.07) is 15.1. The van der Waals surface area contributed by atoms with E-state index in [0.29, 0.717) is 11.5 Å². The van der Waals surface area contributed by atoms with Crippen molar-refractivity contribution < 1.29 is 23.1 Å². The highest BCUT2D eigenvalue weighted by Gasteiger charge is 2.40. The maximum absolute atomic E-state index is 13.9. The van der Waals surface area contributed by atoms with Gasteiger partial charge < -0.3 is 23.8 Å². The van der Waals surface area contributed by atoms with E-state index in [1.165, 1.54) is 0 Å². The van der Waals surface area contributed by atoms with Crippen molar-refractivity contribution in [2.24, 2.45) is 0 Å². The molecule has 6 nitrogen and oxygen atoms in total. The Bertz CT molecular complexity index is 795. The van der Waals surface area contributed by atoms with Crippen LogP contribution in [-0.2, 0) is 13.6 Å². The van der Waals surface area contributed by atoms with Crippen molar-refractivity contribution in [2.75, 3.05) is 12.1 Å². The van der Waals surface area contributed by atoms with Crippen molar-refractivity contribution in [3.05, 3.63) is 54.1 Å². The molecule has 3 rings (SSSR count). The molecule has 1 aliphatic rings. The summed E-state index contributed by atoms with van der Waals surface area (Å²) in [4.78, 5) is 0. The average Bonchev–Trinajstić information content (AvgIpc) is 3.06. The lowest BCUT2D eigenvalue weighted by Gasteiger charge is -2.31. The summed E-state index contributed by atoms with van der Waals surface area (Å²) in [6.45, 7) is 7.55. The molecule has 0 radical (unpaired) electrons. The van der Waals surface area contributed by atoms with Gasteiger partial charge in [0.1, 0.15) is 0 Å². The molecule has 1 atom stereocenters. The molecule has 0 bridgehead atoms. The Morgan fingerprint density at radius 2 is 1.56 bits per heavy atom. The smallest absolute Gasteiger partial charge is 0.357 e. The van der Waals surface area contributed by atoms with Crippen LogP contribution in [0.5, 0.6) is 11.5 Å². The molecule has 0 aromatic heterocycles. The maximum Gasteiger partial charge on any atom is 0.357 e. The van der Waals surface area contributed by atoms with Gasteiger partial charge in [0, 0.05) is 5.69 Å². The fourth-order valence-electron chi connectivity index (χ4n) is 2.85. The highest BCUT2D eigenvalue weighted by atomic mass is 31.2. The SMILES string of the molecule is CC(C)OP(=O)(OC(C)C)[C@H](Nc1ccccc1)c1ccc2c(c1)OCO2. The van der Waals surface area contributed by atoms with Crippen molar-refractivity contribution in [1.29, 1.82) is 0 Å². The largest absolute Gasteiger partial charge is 0.454 e. The molecule has 0 aliphatic carbocycles. The van der Waals surface area contributed by atoms with Crippen molar-refractivity contribution in [1.82, 2.24) is 0 Å². The third-order valence-corrected chi connectivity index (χ3v) is 6.31. The minimum absolute atomic E-state index is 0.179. The summed E-state index contributed by atoms with van der Waals surface area (Å²) in [5.41, 5.74) is 1.56. The molecule has 0 fully saturated rings. The predicted molar refractivity (Wildman–Crippen MR) is 105 cm³/mol. The number of benzene rings is 2. The van der Waals surface area contributed by atoms with Gasteiger partial charge in [0.25, 0.3) is 0 Å². The Morgan fingerprint density at radius 3 is 2.19 bits per heavy atom. The van der Waals surface area contributed by atoms with E-state index in [1.807, 2.05) is 76.2 Å². The first-order valence-corrected chi connectivity index (χ1v) is 10.7. The third-order valence-electron chi connectivity index (χ3n) is 3.82. The van der Waals surface area contributed by atoms with Crippen LogP contribution < -0.4 is 14.8 Å². The lowest BCUT2D eigenvalue weighted by atomic mass is 10.2. The number of para-hydroxylation sites is 1. The Balaban J connectivity index is 2.03. The van der Waals surface area contributed by atoms with Crippen LogP contribution in [0.25, 0.3) is 0 Å². The first-order valence-electron chi connectivity index (χ1n) is 9.05. The van der Waals surface area contributed by atoms with Crippen LogP contribution in [-0.4, -0.2) is 19.0 Å². The van der Waals surface area contributed by atoms with Crippen molar-refractivity contribution >= 4 is 13.3 Å². The lowest BCUT2D eigenvalue weighted by molar-refractivity contribution is 0.138. The number of nitrogens with one attached hydrogen (secondary N) is 1. The van der Waals surface area contributed by atoms with Crippen LogP contribution in [0, 0.1) is 0 Å². The van der Waals surface area contributed by atoms with E-state index in [9.17, 15) is 4.57 Å². The molecular weight excluding hydrogens is 365 g/mol. The first-order chi connectivity index (χ1) is 12.9. The second-order valence-electron chi connectivity index (χ2n) is 6.87.